The highest BCUT2D eigenvalue weighted by atomic mass is 16.5. The first-order chi connectivity index (χ1) is 15.6. The van der Waals surface area contributed by atoms with Crippen molar-refractivity contribution in [3.63, 3.8) is 0 Å². The molecule has 0 aliphatic heterocycles. The average molecular weight is 429 g/mol. The van der Waals surface area contributed by atoms with Crippen LogP contribution in [0.1, 0.15) is 16.2 Å². The molecule has 7 nitrogen and oxygen atoms in total. The molecule has 0 unspecified atom stereocenters. The van der Waals surface area contributed by atoms with Crippen molar-refractivity contribution in [2.24, 2.45) is 0 Å². The highest BCUT2D eigenvalue weighted by Crippen LogP contribution is 2.31. The Hall–Kier alpha value is -4.13. The van der Waals surface area contributed by atoms with E-state index in [2.05, 4.69) is 10.2 Å². The lowest BCUT2D eigenvalue weighted by atomic mass is 10.0. The molecule has 0 bridgehead atoms. The van der Waals surface area contributed by atoms with Gasteiger partial charge >= 0.3 is 0 Å². The van der Waals surface area contributed by atoms with Gasteiger partial charge in [0.25, 0.3) is 5.91 Å². The smallest absolute Gasteiger partial charge is 0.254 e. The van der Waals surface area contributed by atoms with Crippen LogP contribution in [0.5, 0.6) is 11.5 Å². The Morgan fingerprint density at radius 3 is 2.19 bits per heavy atom. The van der Waals surface area contributed by atoms with Crippen LogP contribution in [0.15, 0.2) is 77.2 Å². The fourth-order valence-electron chi connectivity index (χ4n) is 3.33. The zero-order valence-electron chi connectivity index (χ0n) is 18.1. The van der Waals surface area contributed by atoms with Gasteiger partial charge in [0.2, 0.25) is 11.8 Å². The van der Waals surface area contributed by atoms with Gasteiger partial charge < -0.3 is 18.8 Å². The normalized spacial score (nSPS) is 10.6. The highest BCUT2D eigenvalue weighted by molar-refractivity contribution is 5.94. The molecule has 3 aromatic carbocycles. The molecule has 0 spiro atoms. The Morgan fingerprint density at radius 2 is 1.50 bits per heavy atom. The van der Waals surface area contributed by atoms with Crippen molar-refractivity contribution in [1.29, 1.82) is 0 Å². The number of hydrogen-bond acceptors (Lipinski definition) is 6. The van der Waals surface area contributed by atoms with Crippen LogP contribution in [0.2, 0.25) is 0 Å². The van der Waals surface area contributed by atoms with E-state index in [1.165, 1.54) is 0 Å². The molecule has 4 rings (SSSR count). The Bertz CT molecular complexity index is 1200. The number of carbonyl (C=O) groups is 1. The molecule has 0 aliphatic rings. The molecule has 0 atom stereocenters. The number of nitrogens with zero attached hydrogens (tertiary/aromatic N) is 3. The van der Waals surface area contributed by atoms with Crippen LogP contribution in [0.25, 0.3) is 22.6 Å². The van der Waals surface area contributed by atoms with Gasteiger partial charge in [0.1, 0.15) is 0 Å². The van der Waals surface area contributed by atoms with Crippen LogP contribution in [0, 0.1) is 0 Å². The molecule has 162 valence electrons. The topological polar surface area (TPSA) is 77.7 Å². The lowest BCUT2D eigenvalue weighted by Gasteiger charge is -2.15. The summed E-state index contributed by atoms with van der Waals surface area (Å²) in [5.74, 6) is 1.73. The first kappa shape index (κ1) is 21.1. The van der Waals surface area contributed by atoms with Gasteiger partial charge in [0.15, 0.2) is 11.5 Å². The molecule has 0 saturated carbocycles. The summed E-state index contributed by atoms with van der Waals surface area (Å²) in [6.07, 6.45) is 0. The first-order valence-electron chi connectivity index (χ1n) is 10.0. The fourth-order valence-corrected chi connectivity index (χ4v) is 3.33. The standard InChI is InChI=1S/C25H23N3O4/c1-28(25(29)19-11-9-18(10-12-19)17-7-5-4-6-8-17)16-23-26-27-24(32-23)20-13-14-21(30-2)22(15-20)31-3/h4-15H,16H2,1-3H3. The number of aromatic nitrogens is 2. The number of hydrogen-bond donors (Lipinski definition) is 0. The molecule has 0 saturated heterocycles. The Morgan fingerprint density at radius 1 is 0.844 bits per heavy atom. The monoisotopic (exact) mass is 429 g/mol. The van der Waals surface area contributed by atoms with Gasteiger partial charge in [0, 0.05) is 18.2 Å². The van der Waals surface area contributed by atoms with E-state index in [0.717, 1.165) is 11.1 Å². The molecule has 32 heavy (non-hydrogen) atoms. The summed E-state index contributed by atoms with van der Waals surface area (Å²) < 4.78 is 16.3. The predicted molar refractivity (Wildman–Crippen MR) is 121 cm³/mol. The largest absolute Gasteiger partial charge is 0.493 e. The van der Waals surface area contributed by atoms with Crippen molar-refractivity contribution >= 4 is 5.91 Å². The van der Waals surface area contributed by atoms with Gasteiger partial charge in [-0.25, -0.2) is 0 Å². The Labute approximate surface area is 186 Å². The average Bonchev–Trinajstić information content (AvgIpc) is 3.32. The van der Waals surface area contributed by atoms with Gasteiger partial charge in [-0.05, 0) is 41.5 Å². The summed E-state index contributed by atoms with van der Waals surface area (Å²) >= 11 is 0. The van der Waals surface area contributed by atoms with E-state index in [-0.39, 0.29) is 12.5 Å². The Kier molecular flexibility index (Phi) is 6.17. The summed E-state index contributed by atoms with van der Waals surface area (Å²) in [6.45, 7) is 0.194. The van der Waals surface area contributed by atoms with Gasteiger partial charge in [-0.3, -0.25) is 4.79 Å². The zero-order valence-corrected chi connectivity index (χ0v) is 18.1. The quantitative estimate of drug-likeness (QED) is 0.424. The number of methoxy groups -OCH3 is 2. The zero-order chi connectivity index (χ0) is 22.5. The summed E-state index contributed by atoms with van der Waals surface area (Å²) in [5.41, 5.74) is 3.45. The maximum Gasteiger partial charge on any atom is 0.254 e. The SMILES string of the molecule is COc1ccc(-c2nnc(CN(C)C(=O)c3ccc(-c4ccccc4)cc3)o2)cc1OC. The molecule has 1 aromatic heterocycles. The summed E-state index contributed by atoms with van der Waals surface area (Å²) in [6, 6.07) is 22.9. The summed E-state index contributed by atoms with van der Waals surface area (Å²) in [7, 11) is 4.84. The molecule has 0 aliphatic carbocycles. The van der Waals surface area contributed by atoms with Crippen LogP contribution in [-0.2, 0) is 6.54 Å². The van der Waals surface area contributed by atoms with Crippen molar-refractivity contribution in [1.82, 2.24) is 15.1 Å². The third-order valence-electron chi connectivity index (χ3n) is 5.06. The van der Waals surface area contributed by atoms with Crippen LogP contribution in [0.4, 0.5) is 0 Å². The van der Waals surface area contributed by atoms with Crippen molar-refractivity contribution < 1.29 is 18.7 Å². The summed E-state index contributed by atoms with van der Waals surface area (Å²) in [5, 5.41) is 8.17. The van der Waals surface area contributed by atoms with E-state index >= 15 is 0 Å². The lowest BCUT2D eigenvalue weighted by molar-refractivity contribution is 0.0773. The van der Waals surface area contributed by atoms with Crippen LogP contribution >= 0.6 is 0 Å². The number of amides is 1. The molecule has 0 N–H and O–H groups in total. The molecular weight excluding hydrogens is 406 g/mol. The van der Waals surface area contributed by atoms with E-state index < -0.39 is 0 Å². The Balaban J connectivity index is 1.45. The molecule has 1 heterocycles. The highest BCUT2D eigenvalue weighted by Gasteiger charge is 2.17. The van der Waals surface area contributed by atoms with Gasteiger partial charge in [0.05, 0.1) is 20.8 Å². The molecular formula is C25H23N3O4. The second kappa shape index (κ2) is 9.34. The minimum Gasteiger partial charge on any atom is -0.493 e. The van der Waals surface area contributed by atoms with Crippen molar-refractivity contribution in [2.75, 3.05) is 21.3 Å². The number of benzene rings is 3. The second-order valence-corrected chi connectivity index (χ2v) is 7.18. The molecule has 0 fully saturated rings. The molecule has 4 aromatic rings. The lowest BCUT2D eigenvalue weighted by Crippen LogP contribution is -2.26. The fraction of sp³-hybridized carbons (Fsp3) is 0.160. The van der Waals surface area contributed by atoms with E-state index in [1.807, 2.05) is 60.7 Å². The van der Waals surface area contributed by atoms with Gasteiger partial charge in [-0.2, -0.15) is 0 Å². The number of carbonyl (C=O) groups excluding carboxylic acids is 1. The van der Waals surface area contributed by atoms with E-state index in [9.17, 15) is 4.79 Å². The van der Waals surface area contributed by atoms with Crippen molar-refractivity contribution in [3.8, 4) is 34.1 Å². The van der Waals surface area contributed by atoms with E-state index in [0.29, 0.717) is 34.4 Å². The minimum absolute atomic E-state index is 0.129. The first-order valence-corrected chi connectivity index (χ1v) is 10.0. The number of ether oxygens (including phenoxy) is 2. The third-order valence-corrected chi connectivity index (χ3v) is 5.06. The van der Waals surface area contributed by atoms with Crippen LogP contribution in [-0.4, -0.2) is 42.3 Å². The summed E-state index contributed by atoms with van der Waals surface area (Å²) in [4.78, 5) is 14.4. The van der Waals surface area contributed by atoms with Crippen LogP contribution < -0.4 is 9.47 Å². The van der Waals surface area contributed by atoms with E-state index in [1.54, 1.807) is 38.3 Å². The molecule has 1 amide bonds. The molecule has 7 heteroatoms. The van der Waals surface area contributed by atoms with Gasteiger partial charge in [-0.1, -0.05) is 42.5 Å². The maximum absolute atomic E-state index is 12.8. The second-order valence-electron chi connectivity index (χ2n) is 7.18. The maximum atomic E-state index is 12.8. The predicted octanol–water partition coefficient (Wildman–Crippen LogP) is 4.69. The van der Waals surface area contributed by atoms with Gasteiger partial charge in [-0.15, -0.1) is 10.2 Å². The minimum atomic E-state index is -0.129. The van der Waals surface area contributed by atoms with Crippen molar-refractivity contribution in [3.05, 3.63) is 84.3 Å². The molecule has 0 radical (unpaired) electrons. The van der Waals surface area contributed by atoms with E-state index in [4.69, 9.17) is 13.9 Å². The number of rotatable bonds is 7. The van der Waals surface area contributed by atoms with Crippen LogP contribution in [0.3, 0.4) is 0 Å². The van der Waals surface area contributed by atoms with Crippen molar-refractivity contribution in [2.45, 2.75) is 6.54 Å². The third kappa shape index (κ3) is 4.46.